The molecule has 2 saturated heterocycles. The molecular formula is C14H20N2O2S. The standard InChI is InChI=1S/C14H20N2O2S/c17-19(18)11-9-16(10-12-19)14-5-3-13(4-6-14)15-7-1-2-8-15/h3-6H,1-2,7-12H2. The molecule has 4 nitrogen and oxygen atoms in total. The summed E-state index contributed by atoms with van der Waals surface area (Å²) in [5.41, 5.74) is 2.42. The van der Waals surface area contributed by atoms with Crippen LogP contribution in [-0.2, 0) is 9.84 Å². The first kappa shape index (κ1) is 12.8. The largest absolute Gasteiger partial charge is 0.372 e. The van der Waals surface area contributed by atoms with Crippen molar-refractivity contribution >= 4 is 21.2 Å². The highest BCUT2D eigenvalue weighted by Gasteiger charge is 2.21. The molecule has 2 fully saturated rings. The molecule has 3 rings (SSSR count). The van der Waals surface area contributed by atoms with Crippen LogP contribution in [0.25, 0.3) is 0 Å². The first-order chi connectivity index (χ1) is 9.14. The molecule has 2 aliphatic rings. The van der Waals surface area contributed by atoms with E-state index >= 15 is 0 Å². The normalized spacial score (nSPS) is 22.7. The topological polar surface area (TPSA) is 40.6 Å². The lowest BCUT2D eigenvalue weighted by Gasteiger charge is -2.29. The van der Waals surface area contributed by atoms with Crippen molar-refractivity contribution in [1.29, 1.82) is 0 Å². The fourth-order valence-corrected chi connectivity index (χ4v) is 4.02. The van der Waals surface area contributed by atoms with Gasteiger partial charge in [0.1, 0.15) is 0 Å². The monoisotopic (exact) mass is 280 g/mol. The van der Waals surface area contributed by atoms with Crippen molar-refractivity contribution in [3.05, 3.63) is 24.3 Å². The lowest BCUT2D eigenvalue weighted by atomic mass is 10.2. The summed E-state index contributed by atoms with van der Waals surface area (Å²) in [5.74, 6) is 0.557. The molecule has 1 aromatic rings. The Hall–Kier alpha value is -1.23. The zero-order valence-corrected chi connectivity index (χ0v) is 11.9. The van der Waals surface area contributed by atoms with Gasteiger partial charge in [0.2, 0.25) is 0 Å². The van der Waals surface area contributed by atoms with Crippen LogP contribution in [-0.4, -0.2) is 46.1 Å². The van der Waals surface area contributed by atoms with Gasteiger partial charge >= 0.3 is 0 Å². The molecule has 0 amide bonds. The summed E-state index contributed by atoms with van der Waals surface area (Å²) >= 11 is 0. The molecule has 0 aliphatic carbocycles. The number of anilines is 2. The van der Waals surface area contributed by atoms with E-state index in [0.29, 0.717) is 13.1 Å². The third kappa shape index (κ3) is 2.86. The molecule has 0 unspecified atom stereocenters. The molecule has 0 radical (unpaired) electrons. The van der Waals surface area contributed by atoms with Gasteiger partial charge in [-0.3, -0.25) is 0 Å². The number of sulfone groups is 1. The van der Waals surface area contributed by atoms with Gasteiger partial charge in [0.15, 0.2) is 9.84 Å². The van der Waals surface area contributed by atoms with E-state index in [9.17, 15) is 8.42 Å². The molecule has 0 spiro atoms. The quantitative estimate of drug-likeness (QED) is 0.823. The zero-order chi connectivity index (χ0) is 13.3. The van der Waals surface area contributed by atoms with Crippen LogP contribution >= 0.6 is 0 Å². The van der Waals surface area contributed by atoms with Gasteiger partial charge in [-0.05, 0) is 37.1 Å². The van der Waals surface area contributed by atoms with Crippen LogP contribution in [0.2, 0.25) is 0 Å². The van der Waals surface area contributed by atoms with Gasteiger partial charge in [0.05, 0.1) is 11.5 Å². The van der Waals surface area contributed by atoms with Crippen LogP contribution in [0.5, 0.6) is 0 Å². The van der Waals surface area contributed by atoms with Crippen molar-refractivity contribution in [2.24, 2.45) is 0 Å². The second kappa shape index (κ2) is 5.04. The Bertz CT molecular complexity index is 519. The van der Waals surface area contributed by atoms with Crippen LogP contribution < -0.4 is 9.80 Å². The van der Waals surface area contributed by atoms with Gasteiger partial charge in [-0.2, -0.15) is 0 Å². The molecule has 104 valence electrons. The summed E-state index contributed by atoms with van der Waals surface area (Å²) in [5, 5.41) is 0. The van der Waals surface area contributed by atoms with E-state index in [0.717, 1.165) is 18.8 Å². The summed E-state index contributed by atoms with van der Waals surface area (Å²) < 4.78 is 22.8. The van der Waals surface area contributed by atoms with E-state index in [-0.39, 0.29) is 11.5 Å². The number of hydrogen-bond donors (Lipinski definition) is 0. The lowest BCUT2D eigenvalue weighted by molar-refractivity contribution is 0.587. The van der Waals surface area contributed by atoms with Gasteiger partial charge in [-0.1, -0.05) is 0 Å². The molecular weight excluding hydrogens is 260 g/mol. The van der Waals surface area contributed by atoms with Crippen molar-refractivity contribution in [3.63, 3.8) is 0 Å². The van der Waals surface area contributed by atoms with Crippen molar-refractivity contribution < 1.29 is 8.42 Å². The molecule has 2 aliphatic heterocycles. The second-order valence-corrected chi connectivity index (χ2v) is 7.65. The molecule has 19 heavy (non-hydrogen) atoms. The highest BCUT2D eigenvalue weighted by molar-refractivity contribution is 7.91. The number of hydrogen-bond acceptors (Lipinski definition) is 4. The maximum absolute atomic E-state index is 11.4. The molecule has 0 aromatic heterocycles. The van der Waals surface area contributed by atoms with Crippen molar-refractivity contribution in [2.75, 3.05) is 47.5 Å². The van der Waals surface area contributed by atoms with E-state index in [1.807, 2.05) is 0 Å². The van der Waals surface area contributed by atoms with Gasteiger partial charge < -0.3 is 9.80 Å². The first-order valence-electron chi connectivity index (χ1n) is 6.94. The predicted octanol–water partition coefficient (Wildman–Crippen LogP) is 1.52. The fourth-order valence-electron chi connectivity index (χ4n) is 2.82. The minimum Gasteiger partial charge on any atom is -0.372 e. The second-order valence-electron chi connectivity index (χ2n) is 5.35. The predicted molar refractivity (Wildman–Crippen MR) is 78.8 cm³/mol. The Morgan fingerprint density at radius 2 is 1.16 bits per heavy atom. The first-order valence-corrected chi connectivity index (χ1v) is 8.77. The van der Waals surface area contributed by atoms with E-state index in [4.69, 9.17) is 0 Å². The van der Waals surface area contributed by atoms with Crippen LogP contribution in [0.4, 0.5) is 11.4 Å². The Morgan fingerprint density at radius 3 is 1.63 bits per heavy atom. The molecule has 1 aromatic carbocycles. The average molecular weight is 280 g/mol. The lowest BCUT2D eigenvalue weighted by Crippen LogP contribution is -2.40. The smallest absolute Gasteiger partial charge is 0.153 e. The maximum Gasteiger partial charge on any atom is 0.153 e. The summed E-state index contributed by atoms with van der Waals surface area (Å²) in [4.78, 5) is 4.57. The third-order valence-corrected chi connectivity index (χ3v) is 5.64. The Morgan fingerprint density at radius 1 is 0.737 bits per heavy atom. The molecule has 0 saturated carbocycles. The summed E-state index contributed by atoms with van der Waals surface area (Å²) in [6.45, 7) is 3.54. The van der Waals surface area contributed by atoms with Crippen LogP contribution in [0.1, 0.15) is 12.8 Å². The highest BCUT2D eigenvalue weighted by atomic mass is 32.2. The van der Waals surface area contributed by atoms with Gasteiger partial charge in [-0.15, -0.1) is 0 Å². The molecule has 2 heterocycles. The SMILES string of the molecule is O=S1(=O)CCN(c2ccc(N3CCCC3)cc2)CC1. The number of benzene rings is 1. The highest BCUT2D eigenvalue weighted by Crippen LogP contribution is 2.24. The minimum atomic E-state index is -2.79. The Balaban J connectivity index is 1.69. The zero-order valence-electron chi connectivity index (χ0n) is 11.1. The van der Waals surface area contributed by atoms with Crippen LogP contribution in [0, 0.1) is 0 Å². The fraction of sp³-hybridized carbons (Fsp3) is 0.571. The maximum atomic E-state index is 11.4. The Labute approximate surface area is 114 Å². The van der Waals surface area contributed by atoms with Crippen molar-refractivity contribution in [3.8, 4) is 0 Å². The van der Waals surface area contributed by atoms with Crippen LogP contribution in [0.3, 0.4) is 0 Å². The van der Waals surface area contributed by atoms with Gasteiger partial charge in [0.25, 0.3) is 0 Å². The molecule has 0 bridgehead atoms. The molecule has 0 N–H and O–H groups in total. The average Bonchev–Trinajstić information content (AvgIpc) is 2.93. The third-order valence-electron chi connectivity index (χ3n) is 4.03. The molecule has 0 atom stereocenters. The minimum absolute atomic E-state index is 0.279. The van der Waals surface area contributed by atoms with E-state index in [1.54, 1.807) is 0 Å². The van der Waals surface area contributed by atoms with Crippen LogP contribution in [0.15, 0.2) is 24.3 Å². The van der Waals surface area contributed by atoms with E-state index < -0.39 is 9.84 Å². The summed E-state index contributed by atoms with van der Waals surface area (Å²) in [6, 6.07) is 8.55. The van der Waals surface area contributed by atoms with E-state index in [2.05, 4.69) is 34.1 Å². The van der Waals surface area contributed by atoms with Gasteiger partial charge in [0, 0.05) is 37.6 Å². The number of nitrogens with zero attached hydrogens (tertiary/aromatic N) is 2. The summed E-state index contributed by atoms with van der Waals surface area (Å²) in [7, 11) is -2.79. The van der Waals surface area contributed by atoms with Crippen molar-refractivity contribution in [2.45, 2.75) is 12.8 Å². The molecule has 5 heteroatoms. The summed E-state index contributed by atoms with van der Waals surface area (Å²) in [6.07, 6.45) is 2.57. The van der Waals surface area contributed by atoms with E-state index in [1.165, 1.54) is 18.5 Å². The number of rotatable bonds is 2. The Kier molecular flexibility index (Phi) is 3.39. The van der Waals surface area contributed by atoms with Crippen molar-refractivity contribution in [1.82, 2.24) is 0 Å². The van der Waals surface area contributed by atoms with Gasteiger partial charge in [-0.25, -0.2) is 8.42 Å².